The van der Waals surface area contributed by atoms with Gasteiger partial charge < -0.3 is 5.11 Å². The van der Waals surface area contributed by atoms with Crippen molar-refractivity contribution in [1.29, 1.82) is 0 Å². The Morgan fingerprint density at radius 1 is 1.36 bits per heavy atom. The number of amides is 2. The summed E-state index contributed by atoms with van der Waals surface area (Å²) in [6.45, 7) is 3.93. The number of rotatable bonds is 3. The zero-order valence-corrected chi connectivity index (χ0v) is 9.26. The third-order valence-corrected chi connectivity index (χ3v) is 2.97. The second-order valence-electron chi connectivity index (χ2n) is 4.19. The molecule has 2 amide bonds. The van der Waals surface area contributed by atoms with E-state index in [0.717, 1.165) is 0 Å². The molecule has 0 aromatic heterocycles. The molecule has 0 atom stereocenters. The van der Waals surface area contributed by atoms with Crippen molar-refractivity contribution in [3.63, 3.8) is 0 Å². The van der Waals surface area contributed by atoms with Gasteiger partial charge in [-0.05, 0) is 0 Å². The molecule has 1 heterocycles. The van der Waals surface area contributed by atoms with Crippen LogP contribution in [-0.2, 0) is 9.59 Å². The molecule has 0 radical (unpaired) electrons. The van der Waals surface area contributed by atoms with Crippen LogP contribution in [0.4, 0.5) is 0 Å². The first-order chi connectivity index (χ1) is 6.46. The molecule has 1 saturated heterocycles. The Morgan fingerprint density at radius 3 is 2.29 bits per heavy atom. The van der Waals surface area contributed by atoms with Crippen LogP contribution in [0.5, 0.6) is 0 Å². The third-order valence-electron chi connectivity index (χ3n) is 2.07. The van der Waals surface area contributed by atoms with Crippen LogP contribution >= 0.6 is 11.8 Å². The summed E-state index contributed by atoms with van der Waals surface area (Å²) in [5.74, 6) is 0.445. The Kier molecular flexibility index (Phi) is 3.55. The van der Waals surface area contributed by atoms with Crippen molar-refractivity contribution in [1.82, 2.24) is 4.90 Å². The second-order valence-corrected chi connectivity index (χ2v) is 5.17. The Bertz CT molecular complexity index is 236. The Labute approximate surface area is 87.7 Å². The van der Waals surface area contributed by atoms with E-state index < -0.39 is 5.41 Å². The quantitative estimate of drug-likeness (QED) is 0.682. The summed E-state index contributed by atoms with van der Waals surface area (Å²) in [5, 5.41) is 9.04. The van der Waals surface area contributed by atoms with E-state index in [1.165, 1.54) is 16.7 Å². The van der Waals surface area contributed by atoms with Gasteiger partial charge in [-0.3, -0.25) is 14.5 Å². The maximum absolute atomic E-state index is 11.4. The van der Waals surface area contributed by atoms with Crippen molar-refractivity contribution >= 4 is 23.6 Å². The average Bonchev–Trinajstić information content (AvgIpc) is 2.12. The summed E-state index contributed by atoms with van der Waals surface area (Å²) in [6.07, 6.45) is 0. The molecule has 0 spiro atoms. The van der Waals surface area contributed by atoms with E-state index in [0.29, 0.717) is 18.1 Å². The number of thioether (sulfide) groups is 1. The molecule has 0 aromatic rings. The summed E-state index contributed by atoms with van der Waals surface area (Å²) in [6, 6.07) is 0. The molecule has 5 heteroatoms. The van der Waals surface area contributed by atoms with Crippen molar-refractivity contribution < 1.29 is 14.7 Å². The summed E-state index contributed by atoms with van der Waals surface area (Å²) in [7, 11) is 0. The molecule has 0 aromatic carbocycles. The van der Waals surface area contributed by atoms with E-state index in [2.05, 4.69) is 0 Å². The van der Waals surface area contributed by atoms with Gasteiger partial charge in [-0.1, -0.05) is 13.8 Å². The second kappa shape index (κ2) is 4.31. The van der Waals surface area contributed by atoms with E-state index in [4.69, 9.17) is 5.11 Å². The van der Waals surface area contributed by atoms with E-state index in [-0.39, 0.29) is 18.4 Å². The normalized spacial score (nSPS) is 18.9. The summed E-state index contributed by atoms with van der Waals surface area (Å²) >= 11 is 1.35. The SMILES string of the molecule is CC(C)(CO)CN1C(=O)CSCC1=O. The fourth-order valence-electron chi connectivity index (χ4n) is 1.17. The van der Waals surface area contributed by atoms with Gasteiger partial charge in [0.25, 0.3) is 0 Å². The molecule has 0 saturated carbocycles. The number of carbonyl (C=O) groups excluding carboxylic acids is 2. The fourth-order valence-corrected chi connectivity index (χ4v) is 1.94. The van der Waals surface area contributed by atoms with Crippen LogP contribution in [-0.4, -0.2) is 46.5 Å². The average molecular weight is 217 g/mol. The number of aliphatic hydroxyl groups excluding tert-OH is 1. The first-order valence-corrected chi connectivity index (χ1v) is 5.63. The molecule has 14 heavy (non-hydrogen) atoms. The lowest BCUT2D eigenvalue weighted by Gasteiger charge is -2.32. The van der Waals surface area contributed by atoms with Crippen LogP contribution in [0.25, 0.3) is 0 Å². The number of hydrogen-bond donors (Lipinski definition) is 1. The maximum Gasteiger partial charge on any atom is 0.239 e. The Hall–Kier alpha value is -0.550. The zero-order chi connectivity index (χ0) is 10.8. The van der Waals surface area contributed by atoms with Crippen molar-refractivity contribution in [3.05, 3.63) is 0 Å². The molecular formula is C9H15NO3S. The molecular weight excluding hydrogens is 202 g/mol. The summed E-state index contributed by atoms with van der Waals surface area (Å²) in [4.78, 5) is 24.1. The van der Waals surface area contributed by atoms with Gasteiger partial charge in [-0.2, -0.15) is 0 Å². The molecule has 1 aliphatic heterocycles. The zero-order valence-electron chi connectivity index (χ0n) is 8.45. The van der Waals surface area contributed by atoms with Crippen molar-refractivity contribution in [2.24, 2.45) is 5.41 Å². The number of hydrogen-bond acceptors (Lipinski definition) is 4. The van der Waals surface area contributed by atoms with Crippen LogP contribution in [0.1, 0.15) is 13.8 Å². The van der Waals surface area contributed by atoms with E-state index in [9.17, 15) is 9.59 Å². The first kappa shape index (κ1) is 11.5. The van der Waals surface area contributed by atoms with Crippen LogP contribution in [0.2, 0.25) is 0 Å². The number of aliphatic hydroxyl groups is 1. The van der Waals surface area contributed by atoms with Crippen LogP contribution in [0.3, 0.4) is 0 Å². The smallest absolute Gasteiger partial charge is 0.239 e. The monoisotopic (exact) mass is 217 g/mol. The molecule has 80 valence electrons. The highest BCUT2D eigenvalue weighted by Crippen LogP contribution is 2.20. The standard InChI is InChI=1S/C9H15NO3S/c1-9(2,6-11)5-10-7(12)3-14-4-8(10)13/h11H,3-6H2,1-2H3. The maximum atomic E-state index is 11.4. The van der Waals surface area contributed by atoms with Gasteiger partial charge in [0, 0.05) is 18.6 Å². The predicted octanol–water partition coefficient (Wildman–Crippen LogP) is 0.107. The van der Waals surface area contributed by atoms with Crippen LogP contribution in [0, 0.1) is 5.41 Å². The number of imide groups is 1. The number of carbonyl (C=O) groups is 2. The van der Waals surface area contributed by atoms with E-state index in [1.54, 1.807) is 0 Å². The van der Waals surface area contributed by atoms with E-state index >= 15 is 0 Å². The third kappa shape index (κ3) is 2.72. The number of nitrogens with zero attached hydrogens (tertiary/aromatic N) is 1. The van der Waals surface area contributed by atoms with E-state index in [1.807, 2.05) is 13.8 Å². The lowest BCUT2D eigenvalue weighted by molar-refractivity contribution is -0.144. The van der Waals surface area contributed by atoms with Crippen molar-refractivity contribution in [2.75, 3.05) is 24.7 Å². The van der Waals surface area contributed by atoms with Crippen molar-refractivity contribution in [2.45, 2.75) is 13.8 Å². The molecule has 4 nitrogen and oxygen atoms in total. The minimum Gasteiger partial charge on any atom is -0.396 e. The topological polar surface area (TPSA) is 57.6 Å². The lowest BCUT2D eigenvalue weighted by Crippen LogP contribution is -2.48. The van der Waals surface area contributed by atoms with Gasteiger partial charge in [0.1, 0.15) is 0 Å². The summed E-state index contributed by atoms with van der Waals surface area (Å²) in [5.41, 5.74) is -0.409. The Morgan fingerprint density at radius 2 is 1.86 bits per heavy atom. The molecule has 1 rings (SSSR count). The highest BCUT2D eigenvalue weighted by molar-refractivity contribution is 8.00. The molecule has 1 fully saturated rings. The summed E-state index contributed by atoms with van der Waals surface area (Å²) < 4.78 is 0. The van der Waals surface area contributed by atoms with Gasteiger partial charge in [-0.25, -0.2) is 0 Å². The minimum atomic E-state index is -0.409. The van der Waals surface area contributed by atoms with Gasteiger partial charge in [0.05, 0.1) is 11.5 Å². The first-order valence-electron chi connectivity index (χ1n) is 4.48. The molecule has 0 aliphatic carbocycles. The molecule has 1 aliphatic rings. The van der Waals surface area contributed by atoms with Gasteiger partial charge in [0.15, 0.2) is 0 Å². The minimum absolute atomic E-state index is 0.0306. The van der Waals surface area contributed by atoms with Gasteiger partial charge in [-0.15, -0.1) is 11.8 Å². The molecule has 1 N–H and O–H groups in total. The highest BCUT2D eigenvalue weighted by atomic mass is 32.2. The molecule has 0 unspecified atom stereocenters. The van der Waals surface area contributed by atoms with Crippen LogP contribution < -0.4 is 0 Å². The van der Waals surface area contributed by atoms with Crippen LogP contribution in [0.15, 0.2) is 0 Å². The molecule has 0 bridgehead atoms. The largest absolute Gasteiger partial charge is 0.396 e. The Balaban J connectivity index is 2.65. The fraction of sp³-hybridized carbons (Fsp3) is 0.778. The lowest BCUT2D eigenvalue weighted by atomic mass is 9.94. The predicted molar refractivity (Wildman–Crippen MR) is 54.9 cm³/mol. The highest BCUT2D eigenvalue weighted by Gasteiger charge is 2.31. The van der Waals surface area contributed by atoms with Crippen molar-refractivity contribution in [3.8, 4) is 0 Å². The van der Waals surface area contributed by atoms with Gasteiger partial charge in [0.2, 0.25) is 11.8 Å². The van der Waals surface area contributed by atoms with Gasteiger partial charge >= 0.3 is 0 Å².